The van der Waals surface area contributed by atoms with Gasteiger partial charge in [0.25, 0.3) is 0 Å². The molecule has 0 saturated carbocycles. The van der Waals surface area contributed by atoms with Crippen LogP contribution in [0.15, 0.2) is 42.6 Å². The molecule has 0 amide bonds. The molecular formula is C16H17N3O. The monoisotopic (exact) mass is 267 g/mol. The fraction of sp³-hybridized carbons (Fsp3) is 0.188. The number of imidazole rings is 1. The van der Waals surface area contributed by atoms with Crippen LogP contribution < -0.4 is 5.73 Å². The summed E-state index contributed by atoms with van der Waals surface area (Å²) < 4.78 is 7.16. The summed E-state index contributed by atoms with van der Waals surface area (Å²) in [5.74, 6) is 0.656. The predicted octanol–water partition coefficient (Wildman–Crippen LogP) is 3.04. The van der Waals surface area contributed by atoms with Crippen molar-refractivity contribution in [3.8, 4) is 11.3 Å². The molecule has 0 unspecified atom stereocenters. The second-order valence-corrected chi connectivity index (χ2v) is 4.87. The van der Waals surface area contributed by atoms with E-state index in [1.165, 1.54) is 5.56 Å². The lowest BCUT2D eigenvalue weighted by Gasteiger charge is -2.07. The molecule has 2 N–H and O–H groups in total. The standard InChI is InChI=1S/C16H17N3O/c1-11-7-8-19-14(9-11)18-15(16(19)17)13-6-4-3-5-12(13)10-20-2/h3-9H,10,17H2,1-2H3. The zero-order chi connectivity index (χ0) is 14.1. The van der Waals surface area contributed by atoms with Crippen LogP contribution in [0.25, 0.3) is 16.9 Å². The van der Waals surface area contributed by atoms with Gasteiger partial charge in [0.2, 0.25) is 0 Å². The summed E-state index contributed by atoms with van der Waals surface area (Å²) in [7, 11) is 1.69. The number of hydrogen-bond donors (Lipinski definition) is 1. The maximum absolute atomic E-state index is 6.25. The molecule has 0 aliphatic carbocycles. The van der Waals surface area contributed by atoms with E-state index < -0.39 is 0 Å². The molecule has 0 radical (unpaired) electrons. The van der Waals surface area contributed by atoms with Crippen molar-refractivity contribution in [1.29, 1.82) is 0 Å². The maximum Gasteiger partial charge on any atom is 0.139 e. The van der Waals surface area contributed by atoms with Crippen LogP contribution in [0.5, 0.6) is 0 Å². The molecular weight excluding hydrogens is 250 g/mol. The van der Waals surface area contributed by atoms with E-state index in [0.29, 0.717) is 12.4 Å². The average Bonchev–Trinajstić information content (AvgIpc) is 2.76. The number of anilines is 1. The Kier molecular flexibility index (Phi) is 3.16. The van der Waals surface area contributed by atoms with Gasteiger partial charge in [-0.3, -0.25) is 4.40 Å². The van der Waals surface area contributed by atoms with E-state index in [1.807, 2.05) is 53.9 Å². The Morgan fingerprint density at radius 1 is 1.25 bits per heavy atom. The number of nitrogens with zero attached hydrogens (tertiary/aromatic N) is 2. The first-order chi connectivity index (χ1) is 9.70. The van der Waals surface area contributed by atoms with Crippen LogP contribution in [0.4, 0.5) is 5.82 Å². The van der Waals surface area contributed by atoms with E-state index in [-0.39, 0.29) is 0 Å². The van der Waals surface area contributed by atoms with E-state index in [9.17, 15) is 0 Å². The third kappa shape index (κ3) is 2.04. The lowest BCUT2D eigenvalue weighted by molar-refractivity contribution is 0.185. The maximum atomic E-state index is 6.25. The molecule has 0 fully saturated rings. The first-order valence-corrected chi connectivity index (χ1v) is 6.52. The van der Waals surface area contributed by atoms with Gasteiger partial charge in [-0.2, -0.15) is 0 Å². The van der Waals surface area contributed by atoms with Gasteiger partial charge in [0.15, 0.2) is 0 Å². The number of methoxy groups -OCH3 is 1. The number of nitrogen functional groups attached to an aromatic ring is 1. The number of benzene rings is 1. The fourth-order valence-electron chi connectivity index (χ4n) is 2.40. The largest absolute Gasteiger partial charge is 0.383 e. The molecule has 0 atom stereocenters. The van der Waals surface area contributed by atoms with Gasteiger partial charge in [-0.1, -0.05) is 24.3 Å². The van der Waals surface area contributed by atoms with E-state index in [2.05, 4.69) is 4.98 Å². The number of pyridine rings is 1. The molecule has 2 heterocycles. The highest BCUT2D eigenvalue weighted by Crippen LogP contribution is 2.29. The first kappa shape index (κ1) is 12.7. The van der Waals surface area contributed by atoms with Crippen molar-refractivity contribution in [2.45, 2.75) is 13.5 Å². The molecule has 4 nitrogen and oxygen atoms in total. The van der Waals surface area contributed by atoms with Crippen LogP contribution in [-0.4, -0.2) is 16.5 Å². The summed E-state index contributed by atoms with van der Waals surface area (Å²) in [4.78, 5) is 4.67. The van der Waals surface area contributed by atoms with E-state index >= 15 is 0 Å². The number of aromatic nitrogens is 2. The Morgan fingerprint density at radius 2 is 2.05 bits per heavy atom. The molecule has 0 spiro atoms. The molecule has 0 aliphatic rings. The molecule has 20 heavy (non-hydrogen) atoms. The SMILES string of the molecule is COCc1ccccc1-c1nc2cc(C)ccn2c1N. The number of ether oxygens (including phenoxy) is 1. The van der Waals surface area contributed by atoms with Gasteiger partial charge in [0.1, 0.15) is 17.2 Å². The normalized spacial score (nSPS) is 11.1. The number of fused-ring (bicyclic) bond motifs is 1. The lowest BCUT2D eigenvalue weighted by atomic mass is 10.1. The summed E-state index contributed by atoms with van der Waals surface area (Å²) in [6.45, 7) is 2.59. The van der Waals surface area contributed by atoms with Gasteiger partial charge in [-0.25, -0.2) is 4.98 Å². The molecule has 0 bridgehead atoms. The van der Waals surface area contributed by atoms with Crippen molar-refractivity contribution >= 4 is 11.5 Å². The summed E-state index contributed by atoms with van der Waals surface area (Å²) in [6, 6.07) is 12.1. The molecule has 0 aliphatic heterocycles. The van der Waals surface area contributed by atoms with Crippen molar-refractivity contribution in [2.24, 2.45) is 0 Å². The molecule has 3 rings (SSSR count). The van der Waals surface area contributed by atoms with E-state index in [0.717, 1.165) is 22.5 Å². The number of hydrogen-bond acceptors (Lipinski definition) is 3. The molecule has 102 valence electrons. The topological polar surface area (TPSA) is 52.5 Å². The molecule has 1 aromatic carbocycles. The van der Waals surface area contributed by atoms with Crippen LogP contribution in [0.3, 0.4) is 0 Å². The molecule has 4 heteroatoms. The summed E-state index contributed by atoms with van der Waals surface area (Å²) >= 11 is 0. The summed E-state index contributed by atoms with van der Waals surface area (Å²) in [6.07, 6.45) is 1.95. The first-order valence-electron chi connectivity index (χ1n) is 6.52. The molecule has 3 aromatic rings. The second kappa shape index (κ2) is 4.98. The van der Waals surface area contributed by atoms with Crippen molar-refractivity contribution in [2.75, 3.05) is 12.8 Å². The minimum atomic E-state index is 0.544. The van der Waals surface area contributed by atoms with Gasteiger partial charge < -0.3 is 10.5 Å². The zero-order valence-corrected chi connectivity index (χ0v) is 11.6. The van der Waals surface area contributed by atoms with Crippen molar-refractivity contribution < 1.29 is 4.74 Å². The predicted molar refractivity (Wildman–Crippen MR) is 80.5 cm³/mol. The van der Waals surface area contributed by atoms with Gasteiger partial charge in [0, 0.05) is 18.9 Å². The summed E-state index contributed by atoms with van der Waals surface area (Å²) in [5, 5.41) is 0. The smallest absolute Gasteiger partial charge is 0.139 e. The average molecular weight is 267 g/mol. The minimum Gasteiger partial charge on any atom is -0.383 e. The second-order valence-electron chi connectivity index (χ2n) is 4.87. The lowest BCUT2D eigenvalue weighted by Crippen LogP contribution is -1.96. The Labute approximate surface area is 117 Å². The van der Waals surface area contributed by atoms with Gasteiger partial charge in [-0.15, -0.1) is 0 Å². The Morgan fingerprint density at radius 3 is 2.85 bits per heavy atom. The number of nitrogens with two attached hydrogens (primary N) is 1. The van der Waals surface area contributed by atoms with Crippen molar-refractivity contribution in [1.82, 2.24) is 9.38 Å². The van der Waals surface area contributed by atoms with E-state index in [1.54, 1.807) is 7.11 Å². The quantitative estimate of drug-likeness (QED) is 0.793. The number of rotatable bonds is 3. The third-order valence-electron chi connectivity index (χ3n) is 3.39. The van der Waals surface area contributed by atoms with Crippen LogP contribution in [0.2, 0.25) is 0 Å². The van der Waals surface area contributed by atoms with Crippen LogP contribution >= 0.6 is 0 Å². The van der Waals surface area contributed by atoms with Crippen molar-refractivity contribution in [3.05, 3.63) is 53.7 Å². The Hall–Kier alpha value is -2.33. The third-order valence-corrected chi connectivity index (χ3v) is 3.39. The van der Waals surface area contributed by atoms with Gasteiger partial charge >= 0.3 is 0 Å². The fourth-order valence-corrected chi connectivity index (χ4v) is 2.40. The van der Waals surface area contributed by atoms with Crippen molar-refractivity contribution in [3.63, 3.8) is 0 Å². The number of aryl methyl sites for hydroxylation is 1. The van der Waals surface area contributed by atoms with Gasteiger partial charge in [-0.05, 0) is 30.2 Å². The molecule has 0 saturated heterocycles. The zero-order valence-electron chi connectivity index (χ0n) is 11.6. The highest BCUT2D eigenvalue weighted by atomic mass is 16.5. The van der Waals surface area contributed by atoms with E-state index in [4.69, 9.17) is 10.5 Å². The highest BCUT2D eigenvalue weighted by Gasteiger charge is 2.14. The van der Waals surface area contributed by atoms with Gasteiger partial charge in [0.05, 0.1) is 6.61 Å². The Bertz CT molecular complexity index is 762. The van der Waals surface area contributed by atoms with Crippen LogP contribution in [0, 0.1) is 6.92 Å². The molecule has 2 aromatic heterocycles. The van der Waals surface area contributed by atoms with Crippen LogP contribution in [0.1, 0.15) is 11.1 Å². The minimum absolute atomic E-state index is 0.544. The highest BCUT2D eigenvalue weighted by molar-refractivity contribution is 5.77. The van der Waals surface area contributed by atoms with Crippen LogP contribution in [-0.2, 0) is 11.3 Å². The summed E-state index contributed by atoms with van der Waals surface area (Å²) in [5.41, 5.74) is 11.2. The Balaban J connectivity index is 2.22.